The van der Waals surface area contributed by atoms with Crippen molar-refractivity contribution >= 4 is 5.91 Å². The minimum atomic E-state index is -0.483. The molecule has 0 aliphatic carbocycles. The normalized spacial score (nSPS) is 10.6. The van der Waals surface area contributed by atoms with E-state index >= 15 is 0 Å². The van der Waals surface area contributed by atoms with Gasteiger partial charge in [0.2, 0.25) is 5.91 Å². The molecule has 3 aromatic carbocycles. The van der Waals surface area contributed by atoms with Gasteiger partial charge in [-0.15, -0.1) is 0 Å². The van der Waals surface area contributed by atoms with Gasteiger partial charge in [-0.25, -0.2) is 9.07 Å². The summed E-state index contributed by atoms with van der Waals surface area (Å²) in [5.74, 6) is -0.524. The fraction of sp³-hybridized carbons (Fsp3) is 0.120. The number of nitrogens with zero attached hydrogens (tertiary/aromatic N) is 2. The van der Waals surface area contributed by atoms with Gasteiger partial charge in [-0.1, -0.05) is 54.6 Å². The second kappa shape index (κ2) is 9.26. The third-order valence-corrected chi connectivity index (χ3v) is 4.91. The number of aromatic nitrogens is 2. The maximum absolute atomic E-state index is 13.9. The summed E-state index contributed by atoms with van der Waals surface area (Å²) < 4.78 is 20.6. The highest BCUT2D eigenvalue weighted by atomic mass is 19.1. The van der Waals surface area contributed by atoms with Gasteiger partial charge in [0, 0.05) is 23.9 Å². The molecule has 4 rings (SSSR count). The van der Waals surface area contributed by atoms with Gasteiger partial charge in [0.15, 0.2) is 11.6 Å². The van der Waals surface area contributed by atoms with E-state index in [0.717, 1.165) is 22.5 Å². The third-order valence-electron chi connectivity index (χ3n) is 4.91. The number of hydrogen-bond donors (Lipinski definition) is 1. The molecule has 4 aromatic rings. The fourth-order valence-corrected chi connectivity index (χ4v) is 3.35. The molecule has 1 N–H and O–H groups in total. The second-order valence-corrected chi connectivity index (χ2v) is 7.07. The summed E-state index contributed by atoms with van der Waals surface area (Å²) in [6, 6.07) is 24.2. The van der Waals surface area contributed by atoms with Gasteiger partial charge in [0.05, 0.1) is 24.9 Å². The van der Waals surface area contributed by atoms with Gasteiger partial charge < -0.3 is 10.1 Å². The predicted octanol–water partition coefficient (Wildman–Crippen LogP) is 4.55. The molecule has 0 spiro atoms. The van der Waals surface area contributed by atoms with E-state index < -0.39 is 5.82 Å². The molecule has 1 aromatic heterocycles. The third kappa shape index (κ3) is 4.80. The summed E-state index contributed by atoms with van der Waals surface area (Å²) in [5.41, 5.74) is 4.19. The molecule has 0 aliphatic heterocycles. The molecule has 156 valence electrons. The average Bonchev–Trinajstić information content (AvgIpc) is 3.23. The van der Waals surface area contributed by atoms with E-state index in [0.29, 0.717) is 12.1 Å². The number of hydrogen-bond acceptors (Lipinski definition) is 3. The molecule has 5 nitrogen and oxygen atoms in total. The van der Waals surface area contributed by atoms with Crippen molar-refractivity contribution in [1.82, 2.24) is 15.1 Å². The van der Waals surface area contributed by atoms with Gasteiger partial charge in [-0.05, 0) is 29.8 Å². The summed E-state index contributed by atoms with van der Waals surface area (Å²) in [6.45, 7) is 0.314. The van der Waals surface area contributed by atoms with Crippen LogP contribution < -0.4 is 10.1 Å². The van der Waals surface area contributed by atoms with E-state index in [-0.39, 0.29) is 18.1 Å². The SMILES string of the molecule is COc1ccc(CC(=O)NCc2cn(-c3ccccc3)nc2-c2ccccc2)cc1F. The van der Waals surface area contributed by atoms with Gasteiger partial charge in [0.1, 0.15) is 0 Å². The predicted molar refractivity (Wildman–Crippen MR) is 118 cm³/mol. The van der Waals surface area contributed by atoms with Crippen LogP contribution in [0, 0.1) is 5.82 Å². The highest BCUT2D eigenvalue weighted by Crippen LogP contribution is 2.24. The highest BCUT2D eigenvalue weighted by molar-refractivity contribution is 5.79. The van der Waals surface area contributed by atoms with E-state index in [1.165, 1.54) is 19.2 Å². The van der Waals surface area contributed by atoms with Crippen LogP contribution in [0.4, 0.5) is 4.39 Å². The zero-order valence-corrected chi connectivity index (χ0v) is 17.1. The lowest BCUT2D eigenvalue weighted by molar-refractivity contribution is -0.120. The highest BCUT2D eigenvalue weighted by Gasteiger charge is 2.14. The zero-order valence-electron chi connectivity index (χ0n) is 17.1. The standard InChI is InChI=1S/C25H22FN3O2/c1-31-23-13-12-18(14-22(23)26)15-24(30)27-16-20-17-29(21-10-6-3-7-11-21)28-25(20)19-8-4-2-5-9-19/h2-14,17H,15-16H2,1H3,(H,27,30). The lowest BCUT2D eigenvalue weighted by atomic mass is 10.1. The van der Waals surface area contributed by atoms with Crippen LogP contribution >= 0.6 is 0 Å². The van der Waals surface area contributed by atoms with E-state index in [1.807, 2.05) is 71.5 Å². The van der Waals surface area contributed by atoms with Crippen LogP contribution in [-0.2, 0) is 17.8 Å². The van der Waals surface area contributed by atoms with Crippen molar-refractivity contribution < 1.29 is 13.9 Å². The van der Waals surface area contributed by atoms with Gasteiger partial charge >= 0.3 is 0 Å². The summed E-state index contributed by atoms with van der Waals surface area (Å²) in [4.78, 5) is 12.5. The van der Waals surface area contributed by atoms with E-state index in [2.05, 4.69) is 5.32 Å². The first kappa shape index (κ1) is 20.3. The molecule has 0 radical (unpaired) electrons. The number of ether oxygens (including phenoxy) is 1. The van der Waals surface area contributed by atoms with Crippen LogP contribution in [0.15, 0.2) is 85.1 Å². The number of benzene rings is 3. The van der Waals surface area contributed by atoms with Crippen LogP contribution in [0.25, 0.3) is 16.9 Å². The van der Waals surface area contributed by atoms with Crippen molar-refractivity contribution in [2.75, 3.05) is 7.11 Å². The Morgan fingerprint density at radius 2 is 1.74 bits per heavy atom. The quantitative estimate of drug-likeness (QED) is 0.482. The van der Waals surface area contributed by atoms with Gasteiger partial charge in [-0.2, -0.15) is 5.10 Å². The van der Waals surface area contributed by atoms with E-state index in [9.17, 15) is 9.18 Å². The number of nitrogens with one attached hydrogen (secondary N) is 1. The van der Waals surface area contributed by atoms with Crippen LogP contribution in [-0.4, -0.2) is 22.8 Å². The smallest absolute Gasteiger partial charge is 0.224 e. The topological polar surface area (TPSA) is 56.1 Å². The van der Waals surface area contributed by atoms with Crippen molar-refractivity contribution in [3.05, 3.63) is 102 Å². The van der Waals surface area contributed by atoms with Crippen molar-refractivity contribution in [3.8, 4) is 22.7 Å². The summed E-state index contributed by atoms with van der Waals surface area (Å²) >= 11 is 0. The minimum absolute atomic E-state index is 0.0778. The van der Waals surface area contributed by atoms with Crippen LogP contribution in [0.3, 0.4) is 0 Å². The molecule has 0 unspecified atom stereocenters. The Balaban J connectivity index is 1.52. The summed E-state index contributed by atoms with van der Waals surface area (Å²) in [5, 5.41) is 7.67. The monoisotopic (exact) mass is 415 g/mol. The summed E-state index contributed by atoms with van der Waals surface area (Å²) in [6.07, 6.45) is 2.00. The molecule has 0 fully saturated rings. The Hall–Kier alpha value is -3.93. The molecule has 0 aliphatic rings. The Kier molecular flexibility index (Phi) is 6.08. The van der Waals surface area contributed by atoms with E-state index in [1.54, 1.807) is 6.07 Å². The second-order valence-electron chi connectivity index (χ2n) is 7.07. The maximum Gasteiger partial charge on any atom is 0.224 e. The lowest BCUT2D eigenvalue weighted by Gasteiger charge is -2.07. The average molecular weight is 415 g/mol. The molecular formula is C25H22FN3O2. The molecule has 0 saturated heterocycles. The minimum Gasteiger partial charge on any atom is -0.494 e. The number of amides is 1. The molecule has 0 saturated carbocycles. The van der Waals surface area contributed by atoms with Crippen LogP contribution in [0.1, 0.15) is 11.1 Å². The maximum atomic E-state index is 13.9. The molecule has 6 heteroatoms. The number of carbonyl (C=O) groups is 1. The van der Waals surface area contributed by atoms with E-state index in [4.69, 9.17) is 9.84 Å². The van der Waals surface area contributed by atoms with Gasteiger partial charge in [-0.3, -0.25) is 4.79 Å². The Labute approximate surface area is 180 Å². The van der Waals surface area contributed by atoms with Crippen LogP contribution in [0.2, 0.25) is 0 Å². The first-order valence-electron chi connectivity index (χ1n) is 9.92. The van der Waals surface area contributed by atoms with Crippen molar-refractivity contribution in [3.63, 3.8) is 0 Å². The van der Waals surface area contributed by atoms with Crippen molar-refractivity contribution in [1.29, 1.82) is 0 Å². The first-order valence-corrected chi connectivity index (χ1v) is 9.92. The number of para-hydroxylation sites is 1. The number of halogens is 1. The Bertz CT molecular complexity index is 1170. The summed E-state index contributed by atoms with van der Waals surface area (Å²) in [7, 11) is 1.41. The molecule has 0 atom stereocenters. The van der Waals surface area contributed by atoms with Crippen LogP contribution in [0.5, 0.6) is 5.75 Å². The molecule has 1 heterocycles. The number of rotatable bonds is 7. The molecular weight excluding hydrogens is 393 g/mol. The Morgan fingerprint density at radius 1 is 1.03 bits per heavy atom. The number of carbonyl (C=O) groups excluding carboxylic acids is 1. The molecule has 1 amide bonds. The van der Waals surface area contributed by atoms with Crippen molar-refractivity contribution in [2.45, 2.75) is 13.0 Å². The molecule has 0 bridgehead atoms. The lowest BCUT2D eigenvalue weighted by Crippen LogP contribution is -2.24. The number of methoxy groups -OCH3 is 1. The first-order chi connectivity index (χ1) is 15.1. The largest absolute Gasteiger partial charge is 0.494 e. The zero-order chi connectivity index (χ0) is 21.6. The van der Waals surface area contributed by atoms with Gasteiger partial charge in [0.25, 0.3) is 0 Å². The Morgan fingerprint density at radius 3 is 2.42 bits per heavy atom. The fourth-order valence-electron chi connectivity index (χ4n) is 3.35. The van der Waals surface area contributed by atoms with Crippen molar-refractivity contribution in [2.24, 2.45) is 0 Å². The molecule has 31 heavy (non-hydrogen) atoms.